The van der Waals surface area contributed by atoms with Gasteiger partial charge in [0.1, 0.15) is 0 Å². The number of ether oxygens (including phenoxy) is 1. The maximum Gasteiger partial charge on any atom is 0.306 e. The van der Waals surface area contributed by atoms with Crippen molar-refractivity contribution in [2.45, 2.75) is 12.5 Å². The standard InChI is InChI=1S/C6H11NO3/c8-6(9)3-5-4-7-1-2-10-5/h5,7H,1-4H2,(H,8,9)/t5-/m1/s1. The topological polar surface area (TPSA) is 58.6 Å². The van der Waals surface area contributed by atoms with Crippen molar-refractivity contribution in [3.05, 3.63) is 0 Å². The lowest BCUT2D eigenvalue weighted by atomic mass is 10.2. The second-order valence-corrected chi connectivity index (χ2v) is 2.29. The molecule has 1 aliphatic rings. The number of nitrogens with one attached hydrogen (secondary N) is 1. The van der Waals surface area contributed by atoms with E-state index in [4.69, 9.17) is 9.84 Å². The van der Waals surface area contributed by atoms with Crippen molar-refractivity contribution in [2.75, 3.05) is 19.7 Å². The fourth-order valence-corrected chi connectivity index (χ4v) is 0.946. The average molecular weight is 145 g/mol. The molecule has 0 aromatic carbocycles. The van der Waals surface area contributed by atoms with E-state index in [9.17, 15) is 4.79 Å². The maximum atomic E-state index is 10.2. The number of carboxylic acids is 1. The molecule has 1 aliphatic heterocycles. The molecule has 0 radical (unpaired) electrons. The summed E-state index contributed by atoms with van der Waals surface area (Å²) in [7, 11) is 0. The van der Waals surface area contributed by atoms with Gasteiger partial charge in [-0.05, 0) is 0 Å². The van der Waals surface area contributed by atoms with Crippen molar-refractivity contribution in [3.8, 4) is 0 Å². The van der Waals surface area contributed by atoms with Crippen LogP contribution in [0, 0.1) is 0 Å². The second-order valence-electron chi connectivity index (χ2n) is 2.29. The highest BCUT2D eigenvalue weighted by Gasteiger charge is 2.15. The molecule has 0 aromatic heterocycles. The Balaban J connectivity index is 2.19. The number of carboxylic acid groups (broad SMARTS) is 1. The Kier molecular flexibility index (Phi) is 2.65. The smallest absolute Gasteiger partial charge is 0.306 e. The third kappa shape index (κ3) is 2.33. The highest BCUT2D eigenvalue weighted by molar-refractivity contribution is 5.67. The summed E-state index contributed by atoms with van der Waals surface area (Å²) in [5, 5.41) is 11.4. The Hall–Kier alpha value is -0.610. The zero-order valence-electron chi connectivity index (χ0n) is 5.67. The van der Waals surface area contributed by atoms with Crippen LogP contribution < -0.4 is 5.32 Å². The number of hydrogen-bond acceptors (Lipinski definition) is 3. The van der Waals surface area contributed by atoms with Crippen LogP contribution in [0.2, 0.25) is 0 Å². The van der Waals surface area contributed by atoms with Crippen LogP contribution in [0.3, 0.4) is 0 Å². The van der Waals surface area contributed by atoms with Crippen LogP contribution in [0.4, 0.5) is 0 Å². The van der Waals surface area contributed by atoms with Crippen molar-refractivity contribution >= 4 is 5.97 Å². The molecule has 0 unspecified atom stereocenters. The first-order valence-electron chi connectivity index (χ1n) is 3.33. The third-order valence-electron chi connectivity index (χ3n) is 1.41. The van der Waals surface area contributed by atoms with Gasteiger partial charge in [0.2, 0.25) is 0 Å². The van der Waals surface area contributed by atoms with E-state index >= 15 is 0 Å². The molecule has 1 fully saturated rings. The molecule has 1 atom stereocenters. The molecule has 0 aromatic rings. The SMILES string of the molecule is O=C(O)C[C@@H]1CNCCO1. The number of carbonyl (C=O) groups is 1. The van der Waals surface area contributed by atoms with Gasteiger partial charge in [0.25, 0.3) is 0 Å². The predicted molar refractivity (Wildman–Crippen MR) is 34.9 cm³/mol. The van der Waals surface area contributed by atoms with E-state index in [0.29, 0.717) is 13.2 Å². The van der Waals surface area contributed by atoms with Gasteiger partial charge in [0.15, 0.2) is 0 Å². The van der Waals surface area contributed by atoms with Crippen molar-refractivity contribution in [1.82, 2.24) is 5.32 Å². The summed E-state index contributed by atoms with van der Waals surface area (Å²) >= 11 is 0. The molecule has 2 N–H and O–H groups in total. The molecule has 0 saturated carbocycles. The first kappa shape index (κ1) is 7.50. The first-order valence-corrected chi connectivity index (χ1v) is 3.33. The van der Waals surface area contributed by atoms with Crippen molar-refractivity contribution in [2.24, 2.45) is 0 Å². The third-order valence-corrected chi connectivity index (χ3v) is 1.41. The van der Waals surface area contributed by atoms with Gasteiger partial charge in [-0.15, -0.1) is 0 Å². The van der Waals surface area contributed by atoms with E-state index in [1.165, 1.54) is 0 Å². The van der Waals surface area contributed by atoms with Crippen LogP contribution in [-0.2, 0) is 9.53 Å². The van der Waals surface area contributed by atoms with E-state index in [-0.39, 0.29) is 12.5 Å². The number of hydrogen-bond donors (Lipinski definition) is 2. The summed E-state index contributed by atoms with van der Waals surface area (Å²) in [6, 6.07) is 0. The molecule has 0 spiro atoms. The fraction of sp³-hybridized carbons (Fsp3) is 0.833. The van der Waals surface area contributed by atoms with E-state index in [0.717, 1.165) is 6.54 Å². The van der Waals surface area contributed by atoms with Crippen molar-refractivity contribution < 1.29 is 14.6 Å². The molecule has 10 heavy (non-hydrogen) atoms. The Labute approximate surface area is 59.2 Å². The average Bonchev–Trinajstić information content (AvgIpc) is 1.88. The zero-order valence-corrected chi connectivity index (χ0v) is 5.67. The molecule has 58 valence electrons. The van der Waals surface area contributed by atoms with Crippen LogP contribution in [0.1, 0.15) is 6.42 Å². The Morgan fingerprint density at radius 2 is 2.60 bits per heavy atom. The van der Waals surface area contributed by atoms with E-state index in [1.54, 1.807) is 0 Å². The van der Waals surface area contributed by atoms with Crippen molar-refractivity contribution in [3.63, 3.8) is 0 Å². The molecule has 1 saturated heterocycles. The monoisotopic (exact) mass is 145 g/mol. The second kappa shape index (κ2) is 3.53. The summed E-state index contributed by atoms with van der Waals surface area (Å²) in [5.74, 6) is -0.797. The van der Waals surface area contributed by atoms with Gasteiger partial charge < -0.3 is 15.2 Å². The minimum atomic E-state index is -0.797. The lowest BCUT2D eigenvalue weighted by Crippen LogP contribution is -2.39. The van der Waals surface area contributed by atoms with E-state index < -0.39 is 5.97 Å². The summed E-state index contributed by atoms with van der Waals surface area (Å²) in [6.07, 6.45) is -0.0289. The largest absolute Gasteiger partial charge is 0.481 e. The van der Waals surface area contributed by atoms with Crippen LogP contribution in [0.5, 0.6) is 0 Å². The molecule has 0 aliphatic carbocycles. The Morgan fingerprint density at radius 1 is 1.80 bits per heavy atom. The molecule has 4 heteroatoms. The Morgan fingerprint density at radius 3 is 3.10 bits per heavy atom. The van der Waals surface area contributed by atoms with Gasteiger partial charge in [-0.2, -0.15) is 0 Å². The molecule has 0 amide bonds. The number of morpholine rings is 1. The summed E-state index contributed by atoms with van der Waals surface area (Å²) < 4.78 is 5.15. The molecular weight excluding hydrogens is 134 g/mol. The van der Waals surface area contributed by atoms with Gasteiger partial charge in [0.05, 0.1) is 19.1 Å². The molecular formula is C6H11NO3. The number of aliphatic carboxylic acids is 1. The lowest BCUT2D eigenvalue weighted by Gasteiger charge is -2.21. The molecule has 4 nitrogen and oxygen atoms in total. The fourth-order valence-electron chi connectivity index (χ4n) is 0.946. The van der Waals surface area contributed by atoms with E-state index in [1.807, 2.05) is 0 Å². The highest BCUT2D eigenvalue weighted by atomic mass is 16.5. The van der Waals surface area contributed by atoms with Crippen LogP contribution in [-0.4, -0.2) is 36.9 Å². The minimum Gasteiger partial charge on any atom is -0.481 e. The zero-order chi connectivity index (χ0) is 7.40. The van der Waals surface area contributed by atoms with Gasteiger partial charge in [-0.1, -0.05) is 0 Å². The maximum absolute atomic E-state index is 10.2. The number of rotatable bonds is 2. The van der Waals surface area contributed by atoms with Gasteiger partial charge in [-0.25, -0.2) is 0 Å². The molecule has 0 bridgehead atoms. The van der Waals surface area contributed by atoms with Gasteiger partial charge in [-0.3, -0.25) is 4.79 Å². The summed E-state index contributed by atoms with van der Waals surface area (Å²) in [5.41, 5.74) is 0. The molecule has 1 rings (SSSR count). The quantitative estimate of drug-likeness (QED) is 0.547. The van der Waals surface area contributed by atoms with Crippen LogP contribution in [0.15, 0.2) is 0 Å². The Bertz CT molecular complexity index is 120. The van der Waals surface area contributed by atoms with Gasteiger partial charge in [0, 0.05) is 13.1 Å². The van der Waals surface area contributed by atoms with Gasteiger partial charge >= 0.3 is 5.97 Å². The summed E-state index contributed by atoms with van der Waals surface area (Å²) in [6.45, 7) is 2.11. The van der Waals surface area contributed by atoms with Crippen LogP contribution >= 0.6 is 0 Å². The molecule has 1 heterocycles. The normalized spacial score (nSPS) is 26.2. The lowest BCUT2D eigenvalue weighted by molar-refractivity contribution is -0.140. The van der Waals surface area contributed by atoms with Crippen molar-refractivity contribution in [1.29, 1.82) is 0 Å². The summed E-state index contributed by atoms with van der Waals surface area (Å²) in [4.78, 5) is 10.2. The first-order chi connectivity index (χ1) is 4.79. The highest BCUT2D eigenvalue weighted by Crippen LogP contribution is 2.00. The van der Waals surface area contributed by atoms with Crippen LogP contribution in [0.25, 0.3) is 0 Å². The van der Waals surface area contributed by atoms with E-state index in [2.05, 4.69) is 5.32 Å². The predicted octanol–water partition coefficient (Wildman–Crippen LogP) is -0.550. The minimum absolute atomic E-state index is 0.104.